The van der Waals surface area contributed by atoms with E-state index in [9.17, 15) is 0 Å². The molecule has 4 heteroatoms. The standard InChI is InChI=1S/C9H19BO3/c1-2-3-8-4-6-9(7-5-8)13-10(11)12/h8-9,11-12H,2-7H2,1H3. The molecule has 0 amide bonds. The molecule has 0 aromatic carbocycles. The summed E-state index contributed by atoms with van der Waals surface area (Å²) in [6.07, 6.45) is 6.90. The van der Waals surface area contributed by atoms with Gasteiger partial charge in [0.15, 0.2) is 0 Å². The topological polar surface area (TPSA) is 49.7 Å². The fraction of sp³-hybridized carbons (Fsp3) is 1.00. The Balaban J connectivity index is 2.15. The molecular weight excluding hydrogens is 167 g/mol. The van der Waals surface area contributed by atoms with Crippen molar-refractivity contribution in [2.75, 3.05) is 0 Å². The first kappa shape index (κ1) is 11.0. The summed E-state index contributed by atoms with van der Waals surface area (Å²) < 4.78 is 4.93. The van der Waals surface area contributed by atoms with Gasteiger partial charge in [-0.25, -0.2) is 0 Å². The number of rotatable bonds is 4. The number of hydrogen-bond acceptors (Lipinski definition) is 3. The molecule has 0 aromatic rings. The zero-order valence-electron chi connectivity index (χ0n) is 8.28. The van der Waals surface area contributed by atoms with Gasteiger partial charge in [0.05, 0.1) is 0 Å². The summed E-state index contributed by atoms with van der Waals surface area (Å²) in [4.78, 5) is 0. The predicted molar refractivity (Wildman–Crippen MR) is 51.9 cm³/mol. The minimum absolute atomic E-state index is 0.0631. The minimum atomic E-state index is -1.59. The molecule has 1 fully saturated rings. The lowest BCUT2D eigenvalue weighted by atomic mass is 9.84. The van der Waals surface area contributed by atoms with Crippen LogP contribution in [0.4, 0.5) is 0 Å². The highest BCUT2D eigenvalue weighted by molar-refractivity contribution is 6.32. The lowest BCUT2D eigenvalue weighted by Crippen LogP contribution is -2.29. The number of hydrogen-bond donors (Lipinski definition) is 2. The first-order chi connectivity index (χ1) is 6.22. The van der Waals surface area contributed by atoms with Gasteiger partial charge in [-0.2, -0.15) is 0 Å². The van der Waals surface area contributed by atoms with Crippen LogP contribution in [0.15, 0.2) is 0 Å². The van der Waals surface area contributed by atoms with Crippen LogP contribution in [0.1, 0.15) is 45.4 Å². The van der Waals surface area contributed by atoms with Crippen LogP contribution in [-0.4, -0.2) is 23.5 Å². The zero-order chi connectivity index (χ0) is 9.68. The van der Waals surface area contributed by atoms with Gasteiger partial charge in [0.2, 0.25) is 0 Å². The molecular formula is C9H19BO3. The van der Waals surface area contributed by atoms with E-state index in [-0.39, 0.29) is 6.10 Å². The molecule has 3 nitrogen and oxygen atoms in total. The molecule has 1 aliphatic carbocycles. The molecule has 0 heterocycles. The second-order valence-corrected chi connectivity index (χ2v) is 3.89. The van der Waals surface area contributed by atoms with E-state index in [1.807, 2.05) is 0 Å². The molecule has 0 bridgehead atoms. The maximum Gasteiger partial charge on any atom is 0.634 e. The van der Waals surface area contributed by atoms with Crippen molar-refractivity contribution in [2.45, 2.75) is 51.6 Å². The van der Waals surface area contributed by atoms with E-state index in [0.29, 0.717) is 0 Å². The van der Waals surface area contributed by atoms with Crippen LogP contribution in [0.2, 0.25) is 0 Å². The molecule has 0 spiro atoms. The van der Waals surface area contributed by atoms with E-state index >= 15 is 0 Å². The molecule has 0 saturated heterocycles. The van der Waals surface area contributed by atoms with Crippen LogP contribution >= 0.6 is 0 Å². The van der Waals surface area contributed by atoms with Gasteiger partial charge in [-0.3, -0.25) is 0 Å². The van der Waals surface area contributed by atoms with Crippen LogP contribution in [0.3, 0.4) is 0 Å². The first-order valence-electron chi connectivity index (χ1n) is 5.24. The Morgan fingerprint density at radius 3 is 2.31 bits per heavy atom. The summed E-state index contributed by atoms with van der Waals surface area (Å²) in [5.74, 6) is 0.834. The highest BCUT2D eigenvalue weighted by Crippen LogP contribution is 2.29. The average molecular weight is 186 g/mol. The van der Waals surface area contributed by atoms with Crippen LogP contribution < -0.4 is 0 Å². The monoisotopic (exact) mass is 186 g/mol. The van der Waals surface area contributed by atoms with E-state index in [0.717, 1.165) is 18.8 Å². The van der Waals surface area contributed by atoms with Gasteiger partial charge >= 0.3 is 7.32 Å². The quantitative estimate of drug-likeness (QED) is 0.651. The van der Waals surface area contributed by atoms with Gasteiger partial charge in [0.25, 0.3) is 0 Å². The third-order valence-corrected chi connectivity index (χ3v) is 2.80. The molecule has 13 heavy (non-hydrogen) atoms. The van der Waals surface area contributed by atoms with E-state index in [2.05, 4.69) is 6.92 Å². The van der Waals surface area contributed by atoms with Crippen molar-refractivity contribution in [1.29, 1.82) is 0 Å². The van der Waals surface area contributed by atoms with E-state index in [1.54, 1.807) is 0 Å². The van der Waals surface area contributed by atoms with Gasteiger partial charge in [0, 0.05) is 6.10 Å². The van der Waals surface area contributed by atoms with Crippen molar-refractivity contribution >= 4 is 7.32 Å². The molecule has 0 atom stereocenters. The smallest absolute Gasteiger partial charge is 0.402 e. The molecule has 0 unspecified atom stereocenters. The highest BCUT2D eigenvalue weighted by Gasteiger charge is 2.24. The fourth-order valence-electron chi connectivity index (χ4n) is 2.14. The first-order valence-corrected chi connectivity index (χ1v) is 5.24. The predicted octanol–water partition coefficient (Wildman–Crippen LogP) is 1.33. The van der Waals surface area contributed by atoms with Gasteiger partial charge in [-0.1, -0.05) is 19.8 Å². The van der Waals surface area contributed by atoms with Gasteiger partial charge in [-0.15, -0.1) is 0 Å². The maximum absolute atomic E-state index is 8.61. The molecule has 1 saturated carbocycles. The summed E-state index contributed by atoms with van der Waals surface area (Å²) in [7, 11) is -1.59. The van der Waals surface area contributed by atoms with Crippen molar-refractivity contribution in [3.05, 3.63) is 0 Å². The summed E-state index contributed by atoms with van der Waals surface area (Å²) in [6, 6.07) is 0. The van der Waals surface area contributed by atoms with Crippen molar-refractivity contribution < 1.29 is 14.7 Å². The minimum Gasteiger partial charge on any atom is -0.402 e. The van der Waals surface area contributed by atoms with E-state index in [4.69, 9.17) is 14.7 Å². The van der Waals surface area contributed by atoms with Crippen molar-refractivity contribution in [3.63, 3.8) is 0 Å². The Kier molecular flexibility index (Phi) is 4.77. The fourth-order valence-corrected chi connectivity index (χ4v) is 2.14. The third-order valence-electron chi connectivity index (χ3n) is 2.80. The van der Waals surface area contributed by atoms with Crippen LogP contribution in [-0.2, 0) is 4.65 Å². The summed E-state index contributed by atoms with van der Waals surface area (Å²) in [6.45, 7) is 2.21. The van der Waals surface area contributed by atoms with Crippen molar-refractivity contribution in [1.82, 2.24) is 0 Å². The second-order valence-electron chi connectivity index (χ2n) is 3.89. The summed E-state index contributed by atoms with van der Waals surface area (Å²) >= 11 is 0. The lowest BCUT2D eigenvalue weighted by Gasteiger charge is -2.28. The van der Waals surface area contributed by atoms with Gasteiger partial charge in [0.1, 0.15) is 0 Å². The van der Waals surface area contributed by atoms with Gasteiger partial charge < -0.3 is 14.7 Å². The molecule has 0 aromatic heterocycles. The molecule has 76 valence electrons. The van der Waals surface area contributed by atoms with E-state index < -0.39 is 7.32 Å². The van der Waals surface area contributed by atoms with Crippen LogP contribution in [0.5, 0.6) is 0 Å². The van der Waals surface area contributed by atoms with Crippen LogP contribution in [0.25, 0.3) is 0 Å². The summed E-state index contributed by atoms with van der Waals surface area (Å²) in [5.41, 5.74) is 0. The van der Waals surface area contributed by atoms with Crippen LogP contribution in [0, 0.1) is 5.92 Å². The Morgan fingerprint density at radius 2 is 1.85 bits per heavy atom. The Morgan fingerprint density at radius 1 is 1.23 bits per heavy atom. The Bertz CT molecular complexity index is 133. The molecule has 1 aliphatic rings. The van der Waals surface area contributed by atoms with Crippen molar-refractivity contribution in [3.8, 4) is 0 Å². The maximum atomic E-state index is 8.61. The van der Waals surface area contributed by atoms with Crippen molar-refractivity contribution in [2.24, 2.45) is 5.92 Å². The average Bonchev–Trinajstić information content (AvgIpc) is 2.08. The Labute approximate surface area is 80.3 Å². The van der Waals surface area contributed by atoms with Gasteiger partial charge in [-0.05, 0) is 31.6 Å². The Hall–Kier alpha value is -0.0551. The highest BCUT2D eigenvalue weighted by atomic mass is 16.6. The third kappa shape index (κ3) is 4.11. The normalized spacial score (nSPS) is 28.8. The summed E-state index contributed by atoms with van der Waals surface area (Å²) in [5, 5.41) is 17.2. The molecule has 2 N–H and O–H groups in total. The molecule has 0 aliphatic heterocycles. The lowest BCUT2D eigenvalue weighted by molar-refractivity contribution is 0.0749. The molecule has 0 radical (unpaired) electrons. The SMILES string of the molecule is CCCC1CCC(OB(O)O)CC1. The second kappa shape index (κ2) is 5.63. The molecule has 1 rings (SSSR count). The largest absolute Gasteiger partial charge is 0.634 e. The van der Waals surface area contributed by atoms with E-state index in [1.165, 1.54) is 25.7 Å². The zero-order valence-corrected chi connectivity index (χ0v) is 8.28.